The van der Waals surface area contributed by atoms with Crippen molar-refractivity contribution < 1.29 is 19.4 Å². The van der Waals surface area contributed by atoms with E-state index in [0.717, 1.165) is 0 Å². The molecule has 1 fully saturated rings. The molecule has 2 rings (SSSR count). The quantitative estimate of drug-likeness (QED) is 0.899. The minimum absolute atomic E-state index is 0.0292. The Kier molecular flexibility index (Phi) is 3.76. The molecule has 0 aliphatic carbocycles. The average molecular weight is 292 g/mol. The lowest BCUT2D eigenvalue weighted by Crippen LogP contribution is -2.58. The second kappa shape index (κ2) is 5.11. The van der Waals surface area contributed by atoms with Crippen molar-refractivity contribution in [3.8, 4) is 0 Å². The fourth-order valence-electron chi connectivity index (χ4n) is 2.83. The Morgan fingerprint density at radius 3 is 2.33 bits per heavy atom. The second-order valence-electron chi connectivity index (χ2n) is 6.49. The zero-order valence-corrected chi connectivity index (χ0v) is 12.7. The predicted octanol–water partition coefficient (Wildman–Crippen LogP) is 1.81. The topological polar surface area (TPSA) is 79.7 Å². The van der Waals surface area contributed by atoms with Crippen LogP contribution < -0.4 is 0 Å². The van der Waals surface area contributed by atoms with Gasteiger partial charge in [0.15, 0.2) is 0 Å². The van der Waals surface area contributed by atoms with Gasteiger partial charge in [0.1, 0.15) is 5.69 Å². The van der Waals surface area contributed by atoms with Crippen molar-refractivity contribution in [2.45, 2.75) is 38.9 Å². The Bertz CT molecular complexity index is 565. The number of carboxylic acids is 1. The van der Waals surface area contributed by atoms with Crippen LogP contribution in [0.25, 0.3) is 0 Å². The number of hydrogen-bond donors (Lipinski definition) is 1. The van der Waals surface area contributed by atoms with E-state index in [2.05, 4.69) is 4.98 Å². The van der Waals surface area contributed by atoms with E-state index < -0.39 is 17.2 Å². The molecule has 2 heterocycles. The third kappa shape index (κ3) is 3.39. The van der Waals surface area contributed by atoms with Crippen LogP contribution in [0.1, 0.15) is 48.5 Å². The number of nitrogens with zero attached hydrogens (tertiary/aromatic N) is 2. The van der Waals surface area contributed by atoms with Gasteiger partial charge in [0.25, 0.3) is 5.91 Å². The summed E-state index contributed by atoms with van der Waals surface area (Å²) < 4.78 is 5.92. The average Bonchev–Trinajstić information content (AvgIpc) is 2.34. The van der Waals surface area contributed by atoms with Crippen molar-refractivity contribution in [3.63, 3.8) is 0 Å². The Morgan fingerprint density at radius 1 is 1.24 bits per heavy atom. The molecule has 0 atom stereocenters. The lowest BCUT2D eigenvalue weighted by molar-refractivity contribution is -0.171. The first-order valence-electron chi connectivity index (χ1n) is 6.79. The highest BCUT2D eigenvalue weighted by molar-refractivity contribution is 6.03. The number of amides is 1. The molecule has 1 aromatic rings. The Morgan fingerprint density at radius 2 is 1.81 bits per heavy atom. The van der Waals surface area contributed by atoms with E-state index in [-0.39, 0.29) is 17.2 Å². The largest absolute Gasteiger partial charge is 0.478 e. The summed E-state index contributed by atoms with van der Waals surface area (Å²) in [5.74, 6) is -1.53. The smallest absolute Gasteiger partial charge is 0.338 e. The summed E-state index contributed by atoms with van der Waals surface area (Å²) in [5, 5.41) is 9.18. The number of ether oxygens (including phenoxy) is 1. The maximum absolute atomic E-state index is 12.6. The molecule has 1 saturated heterocycles. The summed E-state index contributed by atoms with van der Waals surface area (Å²) >= 11 is 0. The molecule has 0 unspecified atom stereocenters. The number of carbonyl (C=O) groups excluding carboxylic acids is 1. The maximum Gasteiger partial charge on any atom is 0.338 e. The Labute approximate surface area is 123 Å². The van der Waals surface area contributed by atoms with Crippen LogP contribution in [-0.2, 0) is 4.74 Å². The van der Waals surface area contributed by atoms with Crippen LogP contribution >= 0.6 is 0 Å². The van der Waals surface area contributed by atoms with Gasteiger partial charge in [-0.25, -0.2) is 4.79 Å². The molecule has 1 amide bonds. The van der Waals surface area contributed by atoms with Gasteiger partial charge in [-0.3, -0.25) is 9.78 Å². The first kappa shape index (κ1) is 15.4. The van der Waals surface area contributed by atoms with Crippen molar-refractivity contribution in [1.82, 2.24) is 9.88 Å². The van der Waals surface area contributed by atoms with Crippen LogP contribution in [0.4, 0.5) is 0 Å². The van der Waals surface area contributed by atoms with E-state index >= 15 is 0 Å². The van der Waals surface area contributed by atoms with E-state index in [9.17, 15) is 14.7 Å². The number of carbonyl (C=O) groups is 2. The van der Waals surface area contributed by atoms with Crippen LogP contribution in [0.2, 0.25) is 0 Å². The summed E-state index contributed by atoms with van der Waals surface area (Å²) in [7, 11) is 0. The highest BCUT2D eigenvalue weighted by atomic mass is 16.5. The van der Waals surface area contributed by atoms with Crippen LogP contribution in [0, 0.1) is 0 Å². The molecule has 0 saturated carbocycles. The zero-order chi connectivity index (χ0) is 15.8. The summed E-state index contributed by atoms with van der Waals surface area (Å²) in [4.78, 5) is 29.4. The van der Waals surface area contributed by atoms with Crippen LogP contribution in [0.3, 0.4) is 0 Å². The molecule has 21 heavy (non-hydrogen) atoms. The maximum atomic E-state index is 12.6. The molecule has 0 bridgehead atoms. The summed E-state index contributed by atoms with van der Waals surface area (Å²) in [6.45, 7) is 8.42. The molecule has 0 spiro atoms. The SMILES string of the molecule is CC1(C)CN(C(=O)c2ncccc2C(=O)O)CC(C)(C)O1. The molecule has 6 nitrogen and oxygen atoms in total. The minimum atomic E-state index is -1.15. The third-order valence-corrected chi connectivity index (χ3v) is 3.22. The zero-order valence-electron chi connectivity index (χ0n) is 12.7. The molecular formula is C15H20N2O4. The lowest BCUT2D eigenvalue weighted by Gasteiger charge is -2.47. The van der Waals surface area contributed by atoms with Gasteiger partial charge < -0.3 is 14.7 Å². The van der Waals surface area contributed by atoms with E-state index in [1.807, 2.05) is 27.7 Å². The third-order valence-electron chi connectivity index (χ3n) is 3.22. The van der Waals surface area contributed by atoms with Crippen LogP contribution in [0.5, 0.6) is 0 Å². The molecule has 114 valence electrons. The highest BCUT2D eigenvalue weighted by Gasteiger charge is 2.41. The number of pyridine rings is 1. The molecule has 6 heteroatoms. The van der Waals surface area contributed by atoms with E-state index in [1.54, 1.807) is 4.90 Å². The Hall–Kier alpha value is -1.95. The first-order valence-corrected chi connectivity index (χ1v) is 6.79. The molecule has 1 aliphatic heterocycles. The number of rotatable bonds is 2. The van der Waals surface area contributed by atoms with Crippen LogP contribution in [-0.4, -0.2) is 51.2 Å². The van der Waals surface area contributed by atoms with Gasteiger partial charge in [0, 0.05) is 19.3 Å². The van der Waals surface area contributed by atoms with Crippen LogP contribution in [0.15, 0.2) is 18.3 Å². The van der Waals surface area contributed by atoms with Gasteiger partial charge in [-0.05, 0) is 39.8 Å². The van der Waals surface area contributed by atoms with Crippen molar-refractivity contribution in [2.75, 3.05) is 13.1 Å². The second-order valence-corrected chi connectivity index (χ2v) is 6.49. The van der Waals surface area contributed by atoms with Gasteiger partial charge in [-0.2, -0.15) is 0 Å². The highest BCUT2D eigenvalue weighted by Crippen LogP contribution is 2.29. The molecular weight excluding hydrogens is 272 g/mol. The van der Waals surface area contributed by atoms with Crippen molar-refractivity contribution in [1.29, 1.82) is 0 Å². The van der Waals surface area contributed by atoms with E-state index in [1.165, 1.54) is 18.3 Å². The van der Waals surface area contributed by atoms with Gasteiger partial charge in [0.2, 0.25) is 0 Å². The summed E-state index contributed by atoms with van der Waals surface area (Å²) in [5.41, 5.74) is -1.09. The molecule has 0 radical (unpaired) electrons. The minimum Gasteiger partial charge on any atom is -0.478 e. The molecule has 1 aromatic heterocycles. The van der Waals surface area contributed by atoms with Gasteiger partial charge in [0.05, 0.1) is 16.8 Å². The lowest BCUT2D eigenvalue weighted by atomic mass is 9.98. The normalized spacial score (nSPS) is 20.1. The molecule has 0 aromatic carbocycles. The van der Waals surface area contributed by atoms with Crippen molar-refractivity contribution >= 4 is 11.9 Å². The number of aromatic carboxylic acids is 1. The number of hydrogen-bond acceptors (Lipinski definition) is 4. The molecule has 1 aliphatic rings. The summed E-state index contributed by atoms with van der Waals surface area (Å²) in [6.07, 6.45) is 1.43. The van der Waals surface area contributed by atoms with Gasteiger partial charge in [-0.1, -0.05) is 0 Å². The predicted molar refractivity (Wildman–Crippen MR) is 76.3 cm³/mol. The van der Waals surface area contributed by atoms with E-state index in [4.69, 9.17) is 4.74 Å². The van der Waals surface area contributed by atoms with Gasteiger partial charge in [-0.15, -0.1) is 0 Å². The monoisotopic (exact) mass is 292 g/mol. The number of aromatic nitrogens is 1. The van der Waals surface area contributed by atoms with Gasteiger partial charge >= 0.3 is 5.97 Å². The molecule has 1 N–H and O–H groups in total. The summed E-state index contributed by atoms with van der Waals surface area (Å²) in [6, 6.07) is 2.90. The van der Waals surface area contributed by atoms with Crippen molar-refractivity contribution in [2.24, 2.45) is 0 Å². The van der Waals surface area contributed by atoms with E-state index in [0.29, 0.717) is 13.1 Å². The Balaban J connectivity index is 2.34. The number of morpholine rings is 1. The number of carboxylic acid groups (broad SMARTS) is 1. The first-order chi connectivity index (χ1) is 9.61. The fraction of sp³-hybridized carbons (Fsp3) is 0.533. The standard InChI is InChI=1S/C15H20N2O4/c1-14(2)8-17(9-15(3,4)21-14)12(18)11-10(13(19)20)6-5-7-16-11/h5-7H,8-9H2,1-4H3,(H,19,20). The van der Waals surface area contributed by atoms with Crippen molar-refractivity contribution in [3.05, 3.63) is 29.6 Å². The fourth-order valence-corrected chi connectivity index (χ4v) is 2.83.